The minimum atomic E-state index is -0.291. The van der Waals surface area contributed by atoms with Gasteiger partial charge in [0.25, 0.3) is 0 Å². The number of hydrogen-bond donors (Lipinski definition) is 1. The van der Waals surface area contributed by atoms with Crippen molar-refractivity contribution in [1.29, 1.82) is 0 Å². The zero-order chi connectivity index (χ0) is 17.0. The van der Waals surface area contributed by atoms with Crippen LogP contribution in [0.3, 0.4) is 0 Å². The molecule has 0 aromatic heterocycles. The van der Waals surface area contributed by atoms with E-state index in [4.69, 9.17) is 4.74 Å². The fourth-order valence-electron chi connectivity index (χ4n) is 2.10. The van der Waals surface area contributed by atoms with Crippen molar-refractivity contribution in [3.63, 3.8) is 0 Å². The average Bonchev–Trinajstić information content (AvgIpc) is 2.60. The van der Waals surface area contributed by atoms with Crippen LogP contribution in [-0.2, 0) is 14.3 Å². The highest BCUT2D eigenvalue weighted by Gasteiger charge is 2.06. The molecule has 0 radical (unpaired) electrons. The number of esters is 1. The van der Waals surface area contributed by atoms with Crippen LogP contribution in [0.15, 0.2) is 66.7 Å². The highest BCUT2D eigenvalue weighted by Crippen LogP contribution is 2.07. The number of benzene rings is 2. The van der Waals surface area contributed by atoms with Crippen LogP contribution in [0, 0.1) is 0 Å². The lowest BCUT2D eigenvalue weighted by molar-refractivity contribution is -0.142. The molecule has 1 N–H and O–H groups in total. The van der Waals surface area contributed by atoms with E-state index in [1.807, 2.05) is 66.7 Å². The molecule has 0 heterocycles. The van der Waals surface area contributed by atoms with E-state index in [-0.39, 0.29) is 24.9 Å². The Bertz CT molecular complexity index is 666. The van der Waals surface area contributed by atoms with Crippen molar-refractivity contribution in [2.24, 2.45) is 0 Å². The summed E-state index contributed by atoms with van der Waals surface area (Å²) in [4.78, 5) is 23.3. The summed E-state index contributed by atoms with van der Waals surface area (Å²) in [5, 5.41) is 2.78. The molecule has 2 rings (SSSR count). The zero-order valence-electron chi connectivity index (χ0n) is 13.5. The Hall–Kier alpha value is -2.88. The number of nitrogens with one attached hydrogen (secondary N) is 1. The van der Waals surface area contributed by atoms with Gasteiger partial charge in [-0.05, 0) is 30.2 Å². The highest BCUT2D eigenvalue weighted by atomic mass is 16.5. The molecule has 4 heteroatoms. The molecule has 4 nitrogen and oxygen atoms in total. The van der Waals surface area contributed by atoms with Crippen LogP contribution in [0.1, 0.15) is 24.8 Å². The number of rotatable bonds is 8. The highest BCUT2D eigenvalue weighted by molar-refractivity contribution is 5.90. The average molecular weight is 323 g/mol. The van der Waals surface area contributed by atoms with Crippen LogP contribution in [0.5, 0.6) is 0 Å². The summed E-state index contributed by atoms with van der Waals surface area (Å²) < 4.78 is 5.11. The second kappa shape index (κ2) is 10.0. The van der Waals surface area contributed by atoms with Crippen LogP contribution >= 0.6 is 0 Å². The van der Waals surface area contributed by atoms with E-state index in [1.54, 1.807) is 6.08 Å². The number of para-hydroxylation sites is 1. The molecule has 0 spiro atoms. The Morgan fingerprint density at radius 2 is 1.58 bits per heavy atom. The lowest BCUT2D eigenvalue weighted by Gasteiger charge is -2.05. The van der Waals surface area contributed by atoms with E-state index in [0.29, 0.717) is 12.8 Å². The number of anilines is 1. The molecule has 0 bridgehead atoms. The molecule has 2 aromatic rings. The second-order valence-electron chi connectivity index (χ2n) is 5.26. The van der Waals surface area contributed by atoms with Gasteiger partial charge in [-0.2, -0.15) is 0 Å². The van der Waals surface area contributed by atoms with Gasteiger partial charge in [-0.1, -0.05) is 54.6 Å². The number of carbonyl (C=O) groups excluding carboxylic acids is 2. The Morgan fingerprint density at radius 1 is 0.917 bits per heavy atom. The first kappa shape index (κ1) is 17.5. The first-order valence-corrected chi connectivity index (χ1v) is 7.96. The first-order valence-electron chi connectivity index (χ1n) is 7.96. The molecule has 0 atom stereocenters. The normalized spacial score (nSPS) is 10.5. The van der Waals surface area contributed by atoms with Crippen molar-refractivity contribution in [2.75, 3.05) is 11.9 Å². The van der Waals surface area contributed by atoms with Crippen molar-refractivity contribution >= 4 is 23.6 Å². The molecular formula is C20H21NO3. The minimum Gasteiger partial charge on any atom is -0.461 e. The molecular weight excluding hydrogens is 302 g/mol. The Balaban J connectivity index is 1.58. The fraction of sp³-hybridized carbons (Fsp3) is 0.200. The van der Waals surface area contributed by atoms with Gasteiger partial charge in [0, 0.05) is 18.5 Å². The van der Waals surface area contributed by atoms with E-state index in [2.05, 4.69) is 5.32 Å². The Labute approximate surface area is 142 Å². The summed E-state index contributed by atoms with van der Waals surface area (Å²) in [6.45, 7) is 0.240. The van der Waals surface area contributed by atoms with Crippen molar-refractivity contribution in [3.8, 4) is 0 Å². The molecule has 0 saturated carbocycles. The van der Waals surface area contributed by atoms with Crippen LogP contribution in [0.4, 0.5) is 5.69 Å². The summed E-state index contributed by atoms with van der Waals surface area (Å²) in [6.07, 6.45) is 4.71. The maximum absolute atomic E-state index is 11.7. The van der Waals surface area contributed by atoms with Gasteiger partial charge in [0.05, 0.1) is 0 Å². The van der Waals surface area contributed by atoms with Gasteiger partial charge in [-0.15, -0.1) is 0 Å². The molecule has 24 heavy (non-hydrogen) atoms. The van der Waals surface area contributed by atoms with Gasteiger partial charge in [0.15, 0.2) is 0 Å². The van der Waals surface area contributed by atoms with Crippen LogP contribution < -0.4 is 5.32 Å². The summed E-state index contributed by atoms with van der Waals surface area (Å²) in [5.74, 6) is -0.391. The lowest BCUT2D eigenvalue weighted by Crippen LogP contribution is -2.12. The van der Waals surface area contributed by atoms with E-state index in [0.717, 1.165) is 11.3 Å². The van der Waals surface area contributed by atoms with E-state index >= 15 is 0 Å². The summed E-state index contributed by atoms with van der Waals surface area (Å²) in [6, 6.07) is 19.1. The number of carbonyl (C=O) groups is 2. The molecule has 0 aliphatic heterocycles. The SMILES string of the molecule is O=C(CCCC(=O)OC/C=C/c1ccccc1)Nc1ccccc1. The van der Waals surface area contributed by atoms with Gasteiger partial charge in [0.1, 0.15) is 6.61 Å². The maximum atomic E-state index is 11.7. The predicted octanol–water partition coefficient (Wildman–Crippen LogP) is 4.05. The molecule has 0 aliphatic rings. The van der Waals surface area contributed by atoms with Crippen molar-refractivity contribution < 1.29 is 14.3 Å². The van der Waals surface area contributed by atoms with Crippen LogP contribution in [-0.4, -0.2) is 18.5 Å². The van der Waals surface area contributed by atoms with Crippen LogP contribution in [0.25, 0.3) is 6.08 Å². The standard InChI is InChI=1S/C20H21NO3/c22-19(21-18-12-5-2-6-13-18)14-7-15-20(23)24-16-8-11-17-9-3-1-4-10-17/h1-6,8-13H,7,14-16H2,(H,21,22)/b11-8+. The number of amides is 1. The molecule has 1 amide bonds. The molecule has 0 fully saturated rings. The molecule has 0 saturated heterocycles. The third-order valence-corrected chi connectivity index (χ3v) is 3.29. The zero-order valence-corrected chi connectivity index (χ0v) is 13.5. The van der Waals surface area contributed by atoms with Gasteiger partial charge < -0.3 is 10.1 Å². The van der Waals surface area contributed by atoms with E-state index in [9.17, 15) is 9.59 Å². The van der Waals surface area contributed by atoms with Crippen molar-refractivity contribution in [3.05, 3.63) is 72.3 Å². The van der Waals surface area contributed by atoms with Crippen molar-refractivity contribution in [2.45, 2.75) is 19.3 Å². The minimum absolute atomic E-state index is 0.0991. The third kappa shape index (κ3) is 6.92. The largest absolute Gasteiger partial charge is 0.461 e. The fourth-order valence-corrected chi connectivity index (χ4v) is 2.10. The van der Waals surface area contributed by atoms with E-state index < -0.39 is 0 Å². The third-order valence-electron chi connectivity index (χ3n) is 3.29. The summed E-state index contributed by atoms with van der Waals surface area (Å²) in [7, 11) is 0. The van der Waals surface area contributed by atoms with Gasteiger partial charge in [0.2, 0.25) is 5.91 Å². The number of ether oxygens (including phenoxy) is 1. The second-order valence-corrected chi connectivity index (χ2v) is 5.26. The summed E-state index contributed by atoms with van der Waals surface area (Å²) >= 11 is 0. The van der Waals surface area contributed by atoms with Gasteiger partial charge >= 0.3 is 5.97 Å². The quantitative estimate of drug-likeness (QED) is 0.746. The topological polar surface area (TPSA) is 55.4 Å². The summed E-state index contributed by atoms with van der Waals surface area (Å²) in [5.41, 5.74) is 1.82. The Kier molecular flexibility index (Phi) is 7.28. The van der Waals surface area contributed by atoms with E-state index in [1.165, 1.54) is 0 Å². The van der Waals surface area contributed by atoms with Gasteiger partial charge in [-0.3, -0.25) is 9.59 Å². The lowest BCUT2D eigenvalue weighted by atomic mass is 10.2. The first-order chi connectivity index (χ1) is 11.7. The van der Waals surface area contributed by atoms with Crippen LogP contribution in [0.2, 0.25) is 0 Å². The molecule has 124 valence electrons. The molecule has 2 aromatic carbocycles. The monoisotopic (exact) mass is 323 g/mol. The maximum Gasteiger partial charge on any atom is 0.306 e. The smallest absolute Gasteiger partial charge is 0.306 e. The Morgan fingerprint density at radius 3 is 2.29 bits per heavy atom. The van der Waals surface area contributed by atoms with Gasteiger partial charge in [-0.25, -0.2) is 0 Å². The predicted molar refractivity (Wildman–Crippen MR) is 95.4 cm³/mol. The molecule has 0 aliphatic carbocycles. The molecule has 0 unspecified atom stereocenters. The van der Waals surface area contributed by atoms with Crippen molar-refractivity contribution in [1.82, 2.24) is 0 Å². The number of hydrogen-bond acceptors (Lipinski definition) is 3.